The normalized spacial score (nSPS) is 13.6. The van der Waals surface area contributed by atoms with Gasteiger partial charge < -0.3 is 29.8 Å². The Hall–Kier alpha value is -3.14. The van der Waals surface area contributed by atoms with E-state index in [0.29, 0.717) is 24.8 Å². The first-order valence-electron chi connectivity index (χ1n) is 14.3. The number of aliphatic carboxylic acids is 1. The van der Waals surface area contributed by atoms with Crippen LogP contribution in [0.1, 0.15) is 117 Å². The van der Waals surface area contributed by atoms with E-state index in [4.69, 9.17) is 24.7 Å². The summed E-state index contributed by atoms with van der Waals surface area (Å²) in [6.45, 7) is 11.0. The van der Waals surface area contributed by atoms with Crippen LogP contribution in [0.2, 0.25) is 0 Å². The highest BCUT2D eigenvalue weighted by atomic mass is 16.7. The van der Waals surface area contributed by atoms with Crippen molar-refractivity contribution >= 4 is 24.1 Å². The molecule has 10 heteroatoms. The highest BCUT2D eigenvalue weighted by molar-refractivity contribution is 5.77. The van der Waals surface area contributed by atoms with Gasteiger partial charge in [0.25, 0.3) is 0 Å². The largest absolute Gasteiger partial charge is 0.509 e. The molecule has 0 saturated carbocycles. The van der Waals surface area contributed by atoms with Crippen molar-refractivity contribution in [2.24, 2.45) is 5.73 Å². The number of esters is 2. The molecule has 0 aliphatic carbocycles. The molecule has 0 radical (unpaired) electrons. The zero-order valence-corrected chi connectivity index (χ0v) is 24.8. The fourth-order valence-electron chi connectivity index (χ4n) is 3.86. The standard InChI is InChI=1S/C30H47NO9/c1-7-10-12-14-25(32)38-23-17-16-21(19-24(23)39-26(33)15-13-11-8-2)22(27(31)28(34)35)18-20(4)37-29(36)40-30(5,6)9-3/h16-17,19-20,22,27H,7-15,18,31H2,1-6H3,(H,34,35)/t20?,22?,27-/m0/s1. The fourth-order valence-corrected chi connectivity index (χ4v) is 3.86. The van der Waals surface area contributed by atoms with Gasteiger partial charge in [0.15, 0.2) is 11.5 Å². The van der Waals surface area contributed by atoms with E-state index in [0.717, 1.165) is 25.7 Å². The second-order valence-corrected chi connectivity index (χ2v) is 10.7. The average Bonchev–Trinajstić information content (AvgIpc) is 2.87. The minimum atomic E-state index is -1.36. The number of hydrogen-bond acceptors (Lipinski definition) is 9. The van der Waals surface area contributed by atoms with E-state index in [1.54, 1.807) is 26.8 Å². The number of ether oxygens (including phenoxy) is 4. The zero-order valence-electron chi connectivity index (χ0n) is 24.8. The quantitative estimate of drug-likeness (QED) is 0.118. The molecule has 0 saturated heterocycles. The van der Waals surface area contributed by atoms with Gasteiger partial charge in [-0.15, -0.1) is 0 Å². The smallest absolute Gasteiger partial charge is 0.480 e. The number of hydrogen-bond donors (Lipinski definition) is 2. The molecule has 226 valence electrons. The second kappa shape index (κ2) is 17.5. The molecular formula is C30H47NO9. The number of carboxylic acids is 1. The van der Waals surface area contributed by atoms with E-state index in [1.165, 1.54) is 12.1 Å². The van der Waals surface area contributed by atoms with Crippen molar-refractivity contribution in [3.63, 3.8) is 0 Å². The second-order valence-electron chi connectivity index (χ2n) is 10.7. The van der Waals surface area contributed by atoms with Gasteiger partial charge in [0, 0.05) is 18.8 Å². The molecule has 3 N–H and O–H groups in total. The van der Waals surface area contributed by atoms with E-state index in [-0.39, 0.29) is 30.8 Å². The SMILES string of the molecule is CCCCCC(=O)Oc1ccc(C(CC(C)OC(=O)OC(C)(C)CC)[C@H](N)C(=O)O)cc1OC(=O)CCCCC. The van der Waals surface area contributed by atoms with Gasteiger partial charge in [-0.05, 0) is 64.2 Å². The van der Waals surface area contributed by atoms with Gasteiger partial charge in [-0.3, -0.25) is 14.4 Å². The van der Waals surface area contributed by atoms with Crippen LogP contribution in [0.25, 0.3) is 0 Å². The Morgan fingerprint density at radius 1 is 0.900 bits per heavy atom. The number of unbranched alkanes of at least 4 members (excludes halogenated alkanes) is 4. The Morgan fingerprint density at radius 2 is 1.45 bits per heavy atom. The molecule has 1 aromatic rings. The molecular weight excluding hydrogens is 518 g/mol. The van der Waals surface area contributed by atoms with Crippen LogP contribution in [0.4, 0.5) is 4.79 Å². The lowest BCUT2D eigenvalue weighted by atomic mass is 9.87. The molecule has 0 heterocycles. The highest BCUT2D eigenvalue weighted by Gasteiger charge is 2.31. The Labute approximate surface area is 237 Å². The summed E-state index contributed by atoms with van der Waals surface area (Å²) in [5.74, 6) is -2.97. The van der Waals surface area contributed by atoms with E-state index in [1.807, 2.05) is 20.8 Å². The molecule has 40 heavy (non-hydrogen) atoms. The van der Waals surface area contributed by atoms with Crippen molar-refractivity contribution in [1.29, 1.82) is 0 Å². The molecule has 10 nitrogen and oxygen atoms in total. The topological polar surface area (TPSA) is 151 Å². The van der Waals surface area contributed by atoms with Gasteiger partial charge in [0.05, 0.1) is 0 Å². The maximum Gasteiger partial charge on any atom is 0.509 e. The van der Waals surface area contributed by atoms with Crippen molar-refractivity contribution in [2.75, 3.05) is 0 Å². The van der Waals surface area contributed by atoms with E-state index in [9.17, 15) is 24.3 Å². The maximum atomic E-state index is 12.5. The van der Waals surface area contributed by atoms with Crippen LogP contribution < -0.4 is 15.2 Å². The minimum Gasteiger partial charge on any atom is -0.480 e. The lowest BCUT2D eigenvalue weighted by Crippen LogP contribution is -2.38. The molecule has 1 rings (SSSR count). The number of benzene rings is 1. The van der Waals surface area contributed by atoms with E-state index < -0.39 is 47.7 Å². The molecule has 0 aliphatic heterocycles. The summed E-state index contributed by atoms with van der Waals surface area (Å²) < 4.78 is 21.8. The molecule has 2 unspecified atom stereocenters. The molecule has 0 amide bonds. The lowest BCUT2D eigenvalue weighted by molar-refractivity contribution is -0.139. The third kappa shape index (κ3) is 12.8. The van der Waals surface area contributed by atoms with Crippen LogP contribution in [0.5, 0.6) is 11.5 Å². The molecule has 0 aliphatic rings. The summed E-state index contributed by atoms with van der Waals surface area (Å²) in [5, 5.41) is 9.69. The van der Waals surface area contributed by atoms with Crippen molar-refractivity contribution in [3.05, 3.63) is 23.8 Å². The van der Waals surface area contributed by atoms with Gasteiger partial charge in [0.2, 0.25) is 0 Å². The molecule has 0 bridgehead atoms. The fraction of sp³-hybridized carbons (Fsp3) is 0.667. The van der Waals surface area contributed by atoms with Crippen molar-refractivity contribution in [2.45, 2.75) is 129 Å². The molecule has 0 fully saturated rings. The van der Waals surface area contributed by atoms with Crippen LogP contribution in [-0.4, -0.2) is 46.9 Å². The zero-order chi connectivity index (χ0) is 30.3. The van der Waals surface area contributed by atoms with Crippen molar-refractivity contribution in [1.82, 2.24) is 0 Å². The summed E-state index contributed by atoms with van der Waals surface area (Å²) >= 11 is 0. The van der Waals surface area contributed by atoms with Crippen molar-refractivity contribution in [3.8, 4) is 11.5 Å². The first-order valence-corrected chi connectivity index (χ1v) is 14.3. The van der Waals surface area contributed by atoms with Gasteiger partial charge in [-0.1, -0.05) is 52.5 Å². The Balaban J connectivity index is 3.25. The predicted octanol–water partition coefficient (Wildman–Crippen LogP) is 6.27. The number of carboxylic acid groups (broad SMARTS) is 1. The van der Waals surface area contributed by atoms with Crippen LogP contribution in [0.15, 0.2) is 18.2 Å². The highest BCUT2D eigenvalue weighted by Crippen LogP contribution is 2.35. The molecule has 0 aromatic heterocycles. The third-order valence-corrected chi connectivity index (χ3v) is 6.63. The number of carbonyl (C=O) groups is 4. The maximum absolute atomic E-state index is 12.5. The van der Waals surface area contributed by atoms with Crippen LogP contribution in [-0.2, 0) is 23.9 Å². The van der Waals surface area contributed by atoms with E-state index >= 15 is 0 Å². The van der Waals surface area contributed by atoms with Crippen LogP contribution >= 0.6 is 0 Å². The summed E-state index contributed by atoms with van der Waals surface area (Å²) in [5.41, 5.74) is 5.76. The van der Waals surface area contributed by atoms with Crippen LogP contribution in [0, 0.1) is 0 Å². The summed E-state index contributed by atoms with van der Waals surface area (Å²) in [7, 11) is 0. The van der Waals surface area contributed by atoms with Gasteiger partial charge >= 0.3 is 24.1 Å². The van der Waals surface area contributed by atoms with Gasteiger partial charge in [0.1, 0.15) is 17.7 Å². The summed E-state index contributed by atoms with van der Waals surface area (Å²) in [4.78, 5) is 49.1. The Morgan fingerprint density at radius 3 is 1.95 bits per heavy atom. The summed E-state index contributed by atoms with van der Waals surface area (Å²) in [6.07, 6.45) is 4.36. The lowest BCUT2D eigenvalue weighted by Gasteiger charge is -2.27. The third-order valence-electron chi connectivity index (χ3n) is 6.63. The molecule has 0 spiro atoms. The minimum absolute atomic E-state index is 0.00288. The van der Waals surface area contributed by atoms with Crippen LogP contribution in [0.3, 0.4) is 0 Å². The number of rotatable bonds is 18. The van der Waals surface area contributed by atoms with Crippen molar-refractivity contribution < 1.29 is 43.2 Å². The predicted molar refractivity (Wildman–Crippen MR) is 150 cm³/mol. The van der Waals surface area contributed by atoms with E-state index in [2.05, 4.69) is 0 Å². The summed E-state index contributed by atoms with van der Waals surface area (Å²) in [6, 6.07) is 3.14. The molecule has 3 atom stereocenters. The number of carbonyl (C=O) groups excluding carboxylic acids is 3. The van der Waals surface area contributed by atoms with Gasteiger partial charge in [-0.25, -0.2) is 4.79 Å². The Kier molecular flexibility index (Phi) is 15.3. The first kappa shape index (κ1) is 34.9. The Bertz CT molecular complexity index is 976. The monoisotopic (exact) mass is 565 g/mol. The first-order chi connectivity index (χ1) is 18.8. The molecule has 1 aromatic carbocycles. The number of nitrogens with two attached hydrogens (primary N) is 1. The van der Waals surface area contributed by atoms with Gasteiger partial charge in [-0.2, -0.15) is 0 Å². The average molecular weight is 566 g/mol.